The van der Waals surface area contributed by atoms with E-state index >= 15 is 0 Å². The fraction of sp³-hybridized carbons (Fsp3) is 0.478. The number of ether oxygens (including phenoxy) is 1. The van der Waals surface area contributed by atoms with E-state index in [0.29, 0.717) is 12.2 Å². The van der Waals surface area contributed by atoms with Crippen LogP contribution in [0.15, 0.2) is 60.2 Å². The van der Waals surface area contributed by atoms with Crippen LogP contribution in [0.1, 0.15) is 33.3 Å². The number of hydrogen-bond acceptors (Lipinski definition) is 6. The predicted molar refractivity (Wildman–Crippen MR) is 120 cm³/mol. The lowest BCUT2D eigenvalue weighted by Crippen LogP contribution is -2.55. The summed E-state index contributed by atoms with van der Waals surface area (Å²) in [6.45, 7) is 7.62. The van der Waals surface area contributed by atoms with Gasteiger partial charge in [-0.2, -0.15) is 0 Å². The maximum atomic E-state index is 10.3. The maximum absolute atomic E-state index is 10.3. The van der Waals surface area contributed by atoms with E-state index in [1.54, 1.807) is 0 Å². The summed E-state index contributed by atoms with van der Waals surface area (Å²) in [6, 6.07) is 7.54. The molecule has 162 valence electrons. The molecular weight excluding hydrogens is 388 g/mol. The summed E-state index contributed by atoms with van der Waals surface area (Å²) < 4.78 is 5.99. The second-order valence-corrected chi connectivity index (χ2v) is 7.69. The molecule has 1 aliphatic heterocycles. The lowest BCUT2D eigenvalue weighted by Gasteiger charge is -2.39. The minimum Gasteiger partial charge on any atom is -0.477 e. The Kier molecular flexibility index (Phi) is 12.0. The van der Waals surface area contributed by atoms with Crippen LogP contribution >= 0.6 is 11.8 Å². The molecule has 1 aliphatic rings. The molecule has 0 radical (unpaired) electrons. The van der Waals surface area contributed by atoms with Crippen molar-refractivity contribution in [3.63, 3.8) is 0 Å². The zero-order chi connectivity index (χ0) is 21.8. The van der Waals surface area contributed by atoms with E-state index in [0.717, 1.165) is 22.9 Å². The molecule has 2 rings (SSSR count). The summed E-state index contributed by atoms with van der Waals surface area (Å²) in [6.07, 6.45) is 6.80. The number of benzene rings is 1. The first-order valence-electron chi connectivity index (χ1n) is 10.0. The van der Waals surface area contributed by atoms with Gasteiger partial charge in [-0.15, -0.1) is 11.8 Å². The molecule has 4 N–H and O–H groups in total. The van der Waals surface area contributed by atoms with E-state index in [4.69, 9.17) is 4.74 Å². The molecule has 0 amide bonds. The molecule has 1 fully saturated rings. The van der Waals surface area contributed by atoms with E-state index in [1.807, 2.05) is 82.3 Å². The van der Waals surface area contributed by atoms with E-state index < -0.39 is 29.0 Å². The van der Waals surface area contributed by atoms with Crippen LogP contribution in [0.3, 0.4) is 0 Å². The molecule has 0 aromatic heterocycles. The Labute approximate surface area is 178 Å². The Hall–Kier alpha value is -1.57. The molecule has 0 spiro atoms. The van der Waals surface area contributed by atoms with Gasteiger partial charge < -0.3 is 25.2 Å². The molecule has 1 aromatic carbocycles. The standard InChI is InChI=1S/C21H28O5S.C2H6/c1-3-5-6-9-14(4-2)12-15-10-7-8-11-16(15)26-21-20(25)19(24)18(23)17(13-22)27-21;1-2/h3-11,17-25H,12-13H2,1-2H3;1-2H3/b5-3-,9-6-,14-4+;. The highest BCUT2D eigenvalue weighted by molar-refractivity contribution is 8.00. The largest absolute Gasteiger partial charge is 0.477 e. The number of rotatable bonds is 7. The van der Waals surface area contributed by atoms with Crippen molar-refractivity contribution in [1.29, 1.82) is 0 Å². The van der Waals surface area contributed by atoms with Crippen molar-refractivity contribution in [2.24, 2.45) is 0 Å². The van der Waals surface area contributed by atoms with Crippen LogP contribution in [0, 0.1) is 0 Å². The SMILES string of the molecule is CC.C\C=C/C=C\C(=C/C)Cc1ccccc1OC1SC(CO)C(O)C(O)C1O. The van der Waals surface area contributed by atoms with Gasteiger partial charge >= 0.3 is 0 Å². The van der Waals surface area contributed by atoms with Crippen LogP contribution in [0.4, 0.5) is 0 Å². The highest BCUT2D eigenvalue weighted by Gasteiger charge is 2.44. The Morgan fingerprint density at radius 1 is 1.03 bits per heavy atom. The second kappa shape index (κ2) is 13.6. The molecule has 6 heteroatoms. The lowest BCUT2D eigenvalue weighted by molar-refractivity contribution is -0.0910. The van der Waals surface area contributed by atoms with E-state index in [2.05, 4.69) is 0 Å². The number of aliphatic hydroxyl groups excluding tert-OH is 4. The Morgan fingerprint density at radius 3 is 2.34 bits per heavy atom. The Morgan fingerprint density at radius 2 is 1.72 bits per heavy atom. The van der Waals surface area contributed by atoms with Gasteiger partial charge in [0.1, 0.15) is 18.0 Å². The molecule has 1 heterocycles. The van der Waals surface area contributed by atoms with Crippen LogP contribution in [-0.4, -0.2) is 56.0 Å². The van der Waals surface area contributed by atoms with Gasteiger partial charge in [-0.25, -0.2) is 0 Å². The first-order valence-corrected chi connectivity index (χ1v) is 11.0. The minimum absolute atomic E-state index is 0.310. The van der Waals surface area contributed by atoms with E-state index in [-0.39, 0.29) is 6.61 Å². The van der Waals surface area contributed by atoms with Crippen LogP contribution in [0.5, 0.6) is 5.75 Å². The van der Waals surface area contributed by atoms with Gasteiger partial charge in [-0.05, 0) is 31.1 Å². The van der Waals surface area contributed by atoms with Crippen LogP contribution < -0.4 is 4.74 Å². The van der Waals surface area contributed by atoms with Gasteiger partial charge in [-0.3, -0.25) is 0 Å². The molecule has 1 aromatic rings. The molecule has 5 nitrogen and oxygen atoms in total. The third kappa shape index (κ3) is 7.32. The third-order valence-electron chi connectivity index (χ3n) is 4.44. The zero-order valence-electron chi connectivity index (χ0n) is 17.6. The third-order valence-corrected chi connectivity index (χ3v) is 5.86. The lowest BCUT2D eigenvalue weighted by atomic mass is 10.0. The van der Waals surface area contributed by atoms with E-state index in [9.17, 15) is 20.4 Å². The average molecular weight is 423 g/mol. The fourth-order valence-electron chi connectivity index (χ4n) is 2.82. The number of hydrogen-bond donors (Lipinski definition) is 4. The molecule has 0 bridgehead atoms. The summed E-state index contributed by atoms with van der Waals surface area (Å²) in [7, 11) is 0. The monoisotopic (exact) mass is 422 g/mol. The molecule has 5 atom stereocenters. The van der Waals surface area contributed by atoms with Crippen molar-refractivity contribution in [2.75, 3.05) is 6.61 Å². The topological polar surface area (TPSA) is 90.2 Å². The number of allylic oxidation sites excluding steroid dienone is 6. The second-order valence-electron chi connectivity index (χ2n) is 6.35. The minimum atomic E-state index is -1.37. The van der Waals surface area contributed by atoms with Gasteiger partial charge in [0.2, 0.25) is 0 Å². The summed E-state index contributed by atoms with van der Waals surface area (Å²) in [5.41, 5.74) is 1.28. The summed E-state index contributed by atoms with van der Waals surface area (Å²) in [5.74, 6) is 0.605. The van der Waals surface area contributed by atoms with Gasteiger partial charge in [0, 0.05) is 6.42 Å². The maximum Gasteiger partial charge on any atom is 0.173 e. The van der Waals surface area contributed by atoms with Gasteiger partial charge in [0.05, 0.1) is 18.0 Å². The highest BCUT2D eigenvalue weighted by Crippen LogP contribution is 2.35. The quantitative estimate of drug-likeness (QED) is 0.505. The van der Waals surface area contributed by atoms with Crippen molar-refractivity contribution < 1.29 is 25.2 Å². The normalized spacial score (nSPS) is 27.7. The van der Waals surface area contributed by atoms with Crippen LogP contribution in [-0.2, 0) is 6.42 Å². The summed E-state index contributed by atoms with van der Waals surface area (Å²) >= 11 is 1.13. The van der Waals surface area contributed by atoms with Gasteiger partial charge in [0.15, 0.2) is 5.44 Å². The van der Waals surface area contributed by atoms with Crippen molar-refractivity contribution in [3.05, 3.63) is 65.8 Å². The van der Waals surface area contributed by atoms with Crippen molar-refractivity contribution in [1.82, 2.24) is 0 Å². The number of thioether (sulfide) groups is 1. The molecular formula is C23H34O5S. The molecule has 0 aliphatic carbocycles. The first kappa shape index (κ1) is 25.5. The van der Waals surface area contributed by atoms with Crippen molar-refractivity contribution in [3.8, 4) is 5.75 Å². The van der Waals surface area contributed by atoms with Crippen LogP contribution in [0.2, 0.25) is 0 Å². The molecule has 29 heavy (non-hydrogen) atoms. The summed E-state index contributed by atoms with van der Waals surface area (Å²) in [5, 5.41) is 39.0. The number of para-hydroxylation sites is 1. The number of aliphatic hydroxyl groups is 4. The van der Waals surface area contributed by atoms with Crippen molar-refractivity contribution >= 4 is 11.8 Å². The Bertz CT molecular complexity index is 684. The van der Waals surface area contributed by atoms with Gasteiger partial charge in [-0.1, -0.05) is 62.4 Å². The fourth-order valence-corrected chi connectivity index (χ4v) is 4.06. The smallest absolute Gasteiger partial charge is 0.173 e. The van der Waals surface area contributed by atoms with Gasteiger partial charge in [0.25, 0.3) is 0 Å². The predicted octanol–water partition coefficient (Wildman–Crippen LogP) is 3.23. The zero-order valence-corrected chi connectivity index (χ0v) is 18.4. The first-order chi connectivity index (χ1) is 14.0. The van der Waals surface area contributed by atoms with Crippen LogP contribution in [0.25, 0.3) is 0 Å². The molecule has 0 saturated carbocycles. The van der Waals surface area contributed by atoms with Crippen molar-refractivity contribution in [2.45, 2.75) is 63.1 Å². The highest BCUT2D eigenvalue weighted by atomic mass is 32.2. The molecule has 1 saturated heterocycles. The molecule has 5 unspecified atom stereocenters. The summed E-state index contributed by atoms with van der Waals surface area (Å²) in [4.78, 5) is 0. The average Bonchev–Trinajstić information content (AvgIpc) is 2.76. The van der Waals surface area contributed by atoms with E-state index in [1.165, 1.54) is 0 Å². The Balaban J connectivity index is 0.00000204.